The summed E-state index contributed by atoms with van der Waals surface area (Å²) >= 11 is 12.2. The van der Waals surface area contributed by atoms with E-state index in [1.54, 1.807) is 12.1 Å². The second-order valence-electron chi connectivity index (χ2n) is 7.19. The minimum atomic E-state index is -3.69. The molecule has 3 aromatic rings. The van der Waals surface area contributed by atoms with Crippen LogP contribution in [0.1, 0.15) is 33.6 Å². The third kappa shape index (κ3) is 5.28. The average molecular weight is 469 g/mol. The van der Waals surface area contributed by atoms with Crippen molar-refractivity contribution in [1.82, 2.24) is 9.71 Å². The fourth-order valence-corrected chi connectivity index (χ4v) is 4.05. The van der Waals surface area contributed by atoms with Crippen molar-refractivity contribution in [2.24, 2.45) is 0 Å². The predicted molar refractivity (Wildman–Crippen MR) is 120 cm³/mol. The molecule has 0 unspecified atom stereocenters. The van der Waals surface area contributed by atoms with Gasteiger partial charge in [0.2, 0.25) is 10.0 Å². The highest BCUT2D eigenvalue weighted by Gasteiger charge is 2.20. The van der Waals surface area contributed by atoms with E-state index in [-0.39, 0.29) is 5.69 Å². The molecule has 1 amide bonds. The summed E-state index contributed by atoms with van der Waals surface area (Å²) in [6.45, 7) is 4.27. The molecule has 160 valence electrons. The van der Waals surface area contributed by atoms with E-state index >= 15 is 0 Å². The Morgan fingerprint density at radius 1 is 1.13 bits per heavy atom. The number of ether oxygens (including phenoxy) is 1. The molecule has 0 atom stereocenters. The number of benzene rings is 2. The quantitative estimate of drug-likeness (QED) is 0.487. The molecule has 0 aliphatic rings. The van der Waals surface area contributed by atoms with E-state index in [0.717, 1.165) is 39.1 Å². The van der Waals surface area contributed by atoms with Gasteiger partial charge < -0.3 is 9.72 Å². The molecule has 1 heterocycles. The number of amides is 1. The van der Waals surface area contributed by atoms with Gasteiger partial charge in [0, 0.05) is 20.9 Å². The standard InChI is InChI=1S/C21H22Cl2N2O4S/c1-12-9-15(10-13(2)19(12)23)29-8-4-5-17-16-7-6-14(22)11-18(16)24-20(17)21(26)25-30(3,27)28/h6-7,9-11,24H,4-5,8H2,1-3H3,(H,25,26). The lowest BCUT2D eigenvalue weighted by molar-refractivity contribution is 0.0976. The number of nitrogens with one attached hydrogen (secondary N) is 2. The van der Waals surface area contributed by atoms with Crippen LogP contribution in [0.5, 0.6) is 5.75 Å². The van der Waals surface area contributed by atoms with E-state index < -0.39 is 15.9 Å². The molecule has 0 bridgehead atoms. The number of H-pyrrole nitrogens is 1. The number of aromatic nitrogens is 1. The van der Waals surface area contributed by atoms with Crippen LogP contribution < -0.4 is 9.46 Å². The van der Waals surface area contributed by atoms with Crippen molar-refractivity contribution in [2.45, 2.75) is 26.7 Å². The van der Waals surface area contributed by atoms with Gasteiger partial charge in [0.1, 0.15) is 11.4 Å². The molecule has 0 aliphatic heterocycles. The molecule has 0 radical (unpaired) electrons. The van der Waals surface area contributed by atoms with Crippen molar-refractivity contribution in [1.29, 1.82) is 0 Å². The Morgan fingerprint density at radius 2 is 1.80 bits per heavy atom. The van der Waals surface area contributed by atoms with Gasteiger partial charge in [-0.3, -0.25) is 4.79 Å². The Morgan fingerprint density at radius 3 is 2.43 bits per heavy atom. The molecule has 30 heavy (non-hydrogen) atoms. The molecule has 3 rings (SSSR count). The zero-order chi connectivity index (χ0) is 22.1. The first-order chi connectivity index (χ1) is 14.0. The summed E-state index contributed by atoms with van der Waals surface area (Å²) in [5.41, 5.74) is 3.48. The molecule has 9 heteroatoms. The summed E-state index contributed by atoms with van der Waals surface area (Å²) < 4.78 is 30.8. The molecule has 0 saturated carbocycles. The van der Waals surface area contributed by atoms with E-state index in [1.165, 1.54) is 0 Å². The Hall–Kier alpha value is -2.22. The number of fused-ring (bicyclic) bond motifs is 1. The smallest absolute Gasteiger partial charge is 0.281 e. The maximum Gasteiger partial charge on any atom is 0.281 e. The van der Waals surface area contributed by atoms with Crippen molar-refractivity contribution in [2.75, 3.05) is 12.9 Å². The number of aryl methyl sites for hydroxylation is 3. The van der Waals surface area contributed by atoms with Gasteiger partial charge in [-0.25, -0.2) is 13.1 Å². The topological polar surface area (TPSA) is 88.3 Å². The average Bonchev–Trinajstić information content (AvgIpc) is 2.99. The first kappa shape index (κ1) is 22.5. The van der Waals surface area contributed by atoms with Gasteiger partial charge in [0.05, 0.1) is 12.9 Å². The fourth-order valence-electron chi connectivity index (χ4n) is 3.33. The number of sulfonamides is 1. The fraction of sp³-hybridized carbons (Fsp3) is 0.286. The molecule has 0 fully saturated rings. The van der Waals surface area contributed by atoms with Crippen molar-refractivity contribution in [3.05, 3.63) is 62.8 Å². The molecule has 0 aliphatic carbocycles. The van der Waals surface area contributed by atoms with Gasteiger partial charge in [0.25, 0.3) is 5.91 Å². The zero-order valence-corrected chi connectivity index (χ0v) is 19.1. The van der Waals surface area contributed by atoms with Crippen molar-refractivity contribution in [3.8, 4) is 5.75 Å². The minimum Gasteiger partial charge on any atom is -0.494 e. The van der Waals surface area contributed by atoms with Crippen molar-refractivity contribution < 1.29 is 17.9 Å². The van der Waals surface area contributed by atoms with Crippen LogP contribution in [0.2, 0.25) is 10.0 Å². The van der Waals surface area contributed by atoms with Gasteiger partial charge in [0.15, 0.2) is 0 Å². The van der Waals surface area contributed by atoms with Gasteiger partial charge in [-0.15, -0.1) is 0 Å². The van der Waals surface area contributed by atoms with Crippen molar-refractivity contribution >= 4 is 50.0 Å². The summed E-state index contributed by atoms with van der Waals surface area (Å²) in [6.07, 6.45) is 2.07. The molecule has 2 N–H and O–H groups in total. The number of hydrogen-bond donors (Lipinski definition) is 2. The second-order valence-corrected chi connectivity index (χ2v) is 9.76. The molecule has 1 aromatic heterocycles. The summed E-state index contributed by atoms with van der Waals surface area (Å²) in [6, 6.07) is 9.01. The highest BCUT2D eigenvalue weighted by molar-refractivity contribution is 7.89. The summed E-state index contributed by atoms with van der Waals surface area (Å²) in [5, 5.41) is 2.06. The van der Waals surface area contributed by atoms with Crippen LogP contribution in [-0.2, 0) is 16.4 Å². The summed E-state index contributed by atoms with van der Waals surface area (Å²) in [7, 11) is -3.69. The Kier molecular flexibility index (Phi) is 6.65. The lowest BCUT2D eigenvalue weighted by atomic mass is 10.1. The van der Waals surface area contributed by atoms with E-state index in [0.29, 0.717) is 30.0 Å². The van der Waals surface area contributed by atoms with Gasteiger partial charge in [-0.05, 0) is 67.6 Å². The number of hydrogen-bond acceptors (Lipinski definition) is 4. The third-order valence-corrected chi connectivity index (χ3v) is 6.01. The maximum absolute atomic E-state index is 12.5. The number of carbonyl (C=O) groups excluding carboxylic acids is 1. The Bertz CT molecular complexity index is 1200. The summed E-state index contributed by atoms with van der Waals surface area (Å²) in [4.78, 5) is 15.5. The largest absolute Gasteiger partial charge is 0.494 e. The monoisotopic (exact) mass is 468 g/mol. The summed E-state index contributed by atoms with van der Waals surface area (Å²) in [5.74, 6) is 0.0276. The SMILES string of the molecule is Cc1cc(OCCCc2c(C(=O)NS(C)(=O)=O)[nH]c3cc(Cl)ccc23)cc(C)c1Cl. The van der Waals surface area contributed by atoms with E-state index in [9.17, 15) is 13.2 Å². The van der Waals surface area contributed by atoms with Gasteiger partial charge in [-0.1, -0.05) is 29.3 Å². The second kappa shape index (κ2) is 8.88. The van der Waals surface area contributed by atoms with Crippen LogP contribution in [-0.4, -0.2) is 32.2 Å². The maximum atomic E-state index is 12.5. The van der Waals surface area contributed by atoms with Gasteiger partial charge >= 0.3 is 0 Å². The number of halogens is 2. The number of carbonyl (C=O) groups is 1. The van der Waals surface area contributed by atoms with Crippen LogP contribution in [0.3, 0.4) is 0 Å². The Balaban J connectivity index is 1.79. The lowest BCUT2D eigenvalue weighted by Gasteiger charge is -2.10. The molecule has 0 spiro atoms. The van der Waals surface area contributed by atoms with Crippen LogP contribution >= 0.6 is 23.2 Å². The van der Waals surface area contributed by atoms with Crippen LogP contribution in [0, 0.1) is 13.8 Å². The van der Waals surface area contributed by atoms with E-state index in [4.69, 9.17) is 27.9 Å². The molecular weight excluding hydrogens is 447 g/mol. The van der Waals surface area contributed by atoms with Crippen LogP contribution in [0.15, 0.2) is 30.3 Å². The molecular formula is C21H22Cl2N2O4S. The van der Waals surface area contributed by atoms with Crippen LogP contribution in [0.25, 0.3) is 10.9 Å². The van der Waals surface area contributed by atoms with Gasteiger partial charge in [-0.2, -0.15) is 0 Å². The van der Waals surface area contributed by atoms with Crippen molar-refractivity contribution in [3.63, 3.8) is 0 Å². The number of rotatable bonds is 7. The van der Waals surface area contributed by atoms with Crippen LogP contribution in [0.4, 0.5) is 0 Å². The lowest BCUT2D eigenvalue weighted by Crippen LogP contribution is -2.30. The third-order valence-electron chi connectivity index (χ3n) is 4.62. The first-order valence-electron chi connectivity index (χ1n) is 9.27. The number of aromatic amines is 1. The minimum absolute atomic E-state index is 0.205. The predicted octanol–water partition coefficient (Wildman–Crippen LogP) is 4.79. The van der Waals surface area contributed by atoms with E-state index in [1.807, 2.05) is 36.8 Å². The van der Waals surface area contributed by atoms with E-state index in [2.05, 4.69) is 4.98 Å². The molecule has 6 nitrogen and oxygen atoms in total. The first-order valence-corrected chi connectivity index (χ1v) is 11.9. The molecule has 0 saturated heterocycles. The highest BCUT2D eigenvalue weighted by Crippen LogP contribution is 2.28. The molecule has 2 aromatic carbocycles. The Labute approximate surface area is 185 Å². The normalized spacial score (nSPS) is 11.6. The highest BCUT2D eigenvalue weighted by atomic mass is 35.5. The zero-order valence-electron chi connectivity index (χ0n) is 16.8.